The van der Waals surface area contributed by atoms with Crippen LogP contribution in [0.3, 0.4) is 0 Å². The molecule has 0 saturated carbocycles. The highest BCUT2D eigenvalue weighted by Gasteiger charge is 2.67. The highest BCUT2D eigenvalue weighted by atomic mass is 32.3. The number of hydrogen-bond acceptors (Lipinski definition) is 27. The third-order valence-corrected chi connectivity index (χ3v) is 24.1. The molecule has 0 aromatic carbocycles. The summed E-state index contributed by atoms with van der Waals surface area (Å²) in [5.74, 6) is -0.0981. The lowest BCUT2D eigenvalue weighted by Crippen LogP contribution is -2.75. The first kappa shape index (κ1) is 72.2. The number of hydrogen-bond donors (Lipinski definition) is 8. The minimum atomic E-state index is -4.99. The van der Waals surface area contributed by atoms with Gasteiger partial charge in [0, 0.05) is 51.4 Å². The van der Waals surface area contributed by atoms with Gasteiger partial charge in [-0.1, -0.05) is 43.9 Å². The molecule has 13 heterocycles. The lowest BCUT2D eigenvalue weighted by Gasteiger charge is -2.61. The molecule has 0 spiro atoms. The molecule has 0 bridgehead atoms. The quantitative estimate of drug-likeness (QED) is 0.0586. The molecule has 544 valence electrons. The predicted molar refractivity (Wildman–Crippen MR) is 329 cm³/mol. The second-order valence-electron chi connectivity index (χ2n) is 30.2. The molecule has 0 aromatic heterocycles. The summed E-state index contributed by atoms with van der Waals surface area (Å²) in [7, 11) is -9.82. The monoisotopic (exact) mass is 1410 g/mol. The summed E-state index contributed by atoms with van der Waals surface area (Å²) >= 11 is 0. The summed E-state index contributed by atoms with van der Waals surface area (Å²) in [6.45, 7) is 22.1. The summed E-state index contributed by atoms with van der Waals surface area (Å²) in [6.07, 6.45) is -12.9. The van der Waals surface area contributed by atoms with Crippen molar-refractivity contribution in [3.8, 4) is 0 Å². The summed E-state index contributed by atoms with van der Waals surface area (Å²) in [5.41, 5.74) is -4.46. The Kier molecular flexibility index (Phi) is 20.4. The van der Waals surface area contributed by atoms with Crippen LogP contribution in [0.25, 0.3) is 0 Å². The SMILES string of the molecule is C=CCC(=C)/C=C/[C@@](C)(O)[C@H]1O[C@@H]2C[C@@H]3O[C@@H]4C[C@@H]5O[C@@H]6C[C@@H]7O[C@@H]8C[C@@H]9O[C@@H]%10C[C@@H]%11O[C@](C)(CCOS(=O)(=O)O)[C@@H](OS(=O)(=O)O)C[C@H]%11O[C@H]%10C[C@H]9O[C@H]8CC[C@@]7(C)O[C@@]6(C)CC[C@H](C)[C@H]5O[C@H]4[C@@H](O[C@@H]4O[C@H](CO[C@@H]5O[C@H](CO)[C@H](O)[C@H]5O)[C@H](O)[C@H]4O)[C@@]3(C)O[C@H]2CC1=C. The molecular weight excluding hydrogens is 1310 g/mol. The van der Waals surface area contributed by atoms with E-state index >= 15 is 0 Å². The zero-order chi connectivity index (χ0) is 68.6. The summed E-state index contributed by atoms with van der Waals surface area (Å²) in [6, 6.07) is 0. The van der Waals surface area contributed by atoms with Crippen molar-refractivity contribution < 1.29 is 136 Å². The molecule has 13 saturated heterocycles. The van der Waals surface area contributed by atoms with E-state index in [0.29, 0.717) is 76.2 Å². The van der Waals surface area contributed by atoms with Crippen molar-refractivity contribution in [3.63, 3.8) is 0 Å². The van der Waals surface area contributed by atoms with Gasteiger partial charge in [-0.25, -0.2) is 8.37 Å². The number of fused-ring (bicyclic) bond motifs is 10. The van der Waals surface area contributed by atoms with Gasteiger partial charge in [-0.2, -0.15) is 16.8 Å². The molecule has 0 aromatic rings. The van der Waals surface area contributed by atoms with Gasteiger partial charge in [-0.15, -0.1) is 6.58 Å². The van der Waals surface area contributed by atoms with Gasteiger partial charge in [0.15, 0.2) is 12.6 Å². The normalized spacial score (nSPS) is 51.6. The lowest BCUT2D eigenvalue weighted by atomic mass is 9.72. The molecule has 13 aliphatic heterocycles. The average Bonchev–Trinajstić information content (AvgIpc) is 1.21. The maximum Gasteiger partial charge on any atom is 0.397 e. The van der Waals surface area contributed by atoms with Gasteiger partial charge in [0.05, 0.1) is 134 Å². The third-order valence-electron chi connectivity index (χ3n) is 23.1. The van der Waals surface area contributed by atoms with E-state index in [-0.39, 0.29) is 37.4 Å². The Labute approximate surface area is 560 Å². The van der Waals surface area contributed by atoms with E-state index in [9.17, 15) is 56.6 Å². The van der Waals surface area contributed by atoms with Crippen molar-refractivity contribution >= 4 is 20.8 Å². The minimum absolute atomic E-state index is 0.0316. The topological polar surface area (TPSA) is 387 Å². The van der Waals surface area contributed by atoms with Crippen LogP contribution in [0.4, 0.5) is 0 Å². The van der Waals surface area contributed by atoms with Crippen LogP contribution in [-0.4, -0.2) is 276 Å². The number of aliphatic hydroxyl groups is 6. The molecule has 0 unspecified atom stereocenters. The molecule has 13 fully saturated rings. The van der Waals surface area contributed by atoms with E-state index in [1.54, 1.807) is 25.2 Å². The highest BCUT2D eigenvalue weighted by Crippen LogP contribution is 2.55. The van der Waals surface area contributed by atoms with Gasteiger partial charge in [-0.3, -0.25) is 9.11 Å². The maximum atomic E-state index is 12.0. The Balaban J connectivity index is 0.713. The molecule has 13 aliphatic rings. The second kappa shape index (κ2) is 27.2. The van der Waals surface area contributed by atoms with Crippen LogP contribution in [0.2, 0.25) is 0 Å². The Bertz CT molecular complexity index is 3100. The molecule has 29 nitrogen and oxygen atoms in total. The van der Waals surface area contributed by atoms with Gasteiger partial charge >= 0.3 is 20.8 Å². The van der Waals surface area contributed by atoms with Gasteiger partial charge in [0.2, 0.25) is 0 Å². The zero-order valence-electron chi connectivity index (χ0n) is 55.1. The van der Waals surface area contributed by atoms with Crippen LogP contribution in [-0.2, 0) is 100 Å². The fourth-order valence-corrected chi connectivity index (χ4v) is 18.7. The molecule has 96 heavy (non-hydrogen) atoms. The van der Waals surface area contributed by atoms with E-state index in [1.807, 2.05) is 6.92 Å². The number of rotatable bonds is 17. The smallest absolute Gasteiger partial charge is 0.394 e. The molecule has 0 aliphatic carbocycles. The number of allylic oxidation sites excluding steroid dienone is 3. The fraction of sp³-hybridized carbons (Fsp3) is 0.877. The van der Waals surface area contributed by atoms with E-state index < -0.39 is 228 Å². The molecular formula is C65H98O29S2. The molecule has 0 radical (unpaired) electrons. The second-order valence-corrected chi connectivity index (χ2v) is 32.3. The van der Waals surface area contributed by atoms with E-state index in [0.717, 1.165) is 5.57 Å². The first-order chi connectivity index (χ1) is 45.2. The van der Waals surface area contributed by atoms with Crippen molar-refractivity contribution in [2.45, 2.75) is 331 Å². The summed E-state index contributed by atoms with van der Waals surface area (Å²) < 4.78 is 177. The van der Waals surface area contributed by atoms with Crippen LogP contribution >= 0.6 is 0 Å². The van der Waals surface area contributed by atoms with Crippen molar-refractivity contribution in [2.75, 3.05) is 19.8 Å². The van der Waals surface area contributed by atoms with Crippen LogP contribution < -0.4 is 0 Å². The molecule has 0 amide bonds. The lowest BCUT2D eigenvalue weighted by molar-refractivity contribution is -0.387. The predicted octanol–water partition coefficient (Wildman–Crippen LogP) is 1.99. The van der Waals surface area contributed by atoms with Gasteiger partial charge in [-0.05, 0) is 84.6 Å². The first-order valence-electron chi connectivity index (χ1n) is 34.0. The van der Waals surface area contributed by atoms with Crippen molar-refractivity contribution in [2.24, 2.45) is 5.92 Å². The van der Waals surface area contributed by atoms with Crippen LogP contribution in [0, 0.1) is 5.92 Å². The Morgan fingerprint density at radius 3 is 1.88 bits per heavy atom. The Morgan fingerprint density at radius 2 is 1.22 bits per heavy atom. The van der Waals surface area contributed by atoms with Crippen molar-refractivity contribution in [1.82, 2.24) is 0 Å². The number of aliphatic hydroxyl groups excluding tert-OH is 5. The van der Waals surface area contributed by atoms with Crippen LogP contribution in [0.1, 0.15) is 131 Å². The number of ether oxygens (including phenoxy) is 15. The standard InChI is InChI=1S/C65H98O29S2/c1-10-11-30(2)12-15-61(5,71)57-32(4)20-41-40(86-57)26-50-65(9,92-41)58(90-60-54(70)52(68)46(88-60)29-78-59-53(69)51(67)45(28-66)87-59)56-44(85-50)24-43-55(89-56)31(3)13-16-63(7)48(84-43)27-47-64(8,94-63)17-14-33-34(83-47)21-36-35(80-33)22-37-38(81-36)23-42-39(82-37)25-49(93-96(75,76)77)62(6,91-42)18-19-79-95(72,73)74/h10,12,15,31,33-60,66-71H,1-2,4,11,13-14,16-29H2,3,5-9H3,(H,72,73,74)(H,75,76,77)/b15-12+/t31-,33-,34+,35+,36-,37-,38+,39+,40+,41-,42-,43-,44+,45+,46+,47-,48+,49-,50-,51-,52-,53+,54+,55+,56+,57-,58+,59+,60-,61+,62+,63-,64+,65-/m0/s1. The summed E-state index contributed by atoms with van der Waals surface area (Å²) in [5, 5.41) is 65.8. The van der Waals surface area contributed by atoms with E-state index in [4.69, 9.17) is 75.2 Å². The Morgan fingerprint density at radius 1 is 0.646 bits per heavy atom. The first-order valence-corrected chi connectivity index (χ1v) is 36.7. The van der Waals surface area contributed by atoms with Gasteiger partial charge in [0.25, 0.3) is 0 Å². The largest absolute Gasteiger partial charge is 0.397 e. The molecule has 31 heteroatoms. The average molecular weight is 1410 g/mol. The molecule has 13 rings (SSSR count). The van der Waals surface area contributed by atoms with Crippen molar-refractivity contribution in [3.05, 3.63) is 49.1 Å². The van der Waals surface area contributed by atoms with E-state index in [1.165, 1.54) is 6.92 Å². The summed E-state index contributed by atoms with van der Waals surface area (Å²) in [4.78, 5) is 0. The highest BCUT2D eigenvalue weighted by molar-refractivity contribution is 7.81. The molecule has 34 atom stereocenters. The zero-order valence-corrected chi connectivity index (χ0v) is 56.7. The Hall–Kier alpha value is -2.14. The molecule has 8 N–H and O–H groups in total. The van der Waals surface area contributed by atoms with Crippen LogP contribution in [0.5, 0.6) is 0 Å². The maximum absolute atomic E-state index is 12.0. The van der Waals surface area contributed by atoms with Crippen LogP contribution in [0.15, 0.2) is 49.1 Å². The van der Waals surface area contributed by atoms with Gasteiger partial charge < -0.3 is 102 Å². The van der Waals surface area contributed by atoms with Gasteiger partial charge in [0.1, 0.15) is 72.2 Å². The minimum Gasteiger partial charge on any atom is -0.394 e. The fourth-order valence-electron chi connectivity index (χ4n) is 17.8. The van der Waals surface area contributed by atoms with Crippen molar-refractivity contribution in [1.29, 1.82) is 0 Å². The third kappa shape index (κ3) is 14.2. The van der Waals surface area contributed by atoms with E-state index in [2.05, 4.69) is 44.7 Å².